The quantitative estimate of drug-likeness (QED) is 0.519. The average molecular weight is 287 g/mol. The van der Waals surface area contributed by atoms with Gasteiger partial charge in [0.15, 0.2) is 5.75 Å². The molecule has 7 nitrogen and oxygen atoms in total. The van der Waals surface area contributed by atoms with Gasteiger partial charge in [-0.2, -0.15) is 0 Å². The van der Waals surface area contributed by atoms with Crippen molar-refractivity contribution in [2.24, 2.45) is 0 Å². The topological polar surface area (TPSA) is 90.7 Å². The number of nitro benzene ring substituents is 1. The number of hydrogen-bond donors (Lipinski definition) is 1. The number of ether oxygens (including phenoxy) is 2. The summed E-state index contributed by atoms with van der Waals surface area (Å²) in [7, 11) is 0. The number of carbonyl (C=O) groups excluding carboxylic acids is 1. The van der Waals surface area contributed by atoms with Crippen LogP contribution < -0.4 is 10.1 Å². The molecule has 1 heterocycles. The maximum Gasteiger partial charge on any atom is 0.349 e. The number of non-ortho nitro benzene ring substituents is 1. The number of nitro groups is 1. The lowest BCUT2D eigenvalue weighted by Crippen LogP contribution is -2.39. The van der Waals surface area contributed by atoms with E-state index in [2.05, 4.69) is 5.32 Å². The lowest BCUT2D eigenvalue weighted by molar-refractivity contribution is -0.384. The van der Waals surface area contributed by atoms with Crippen LogP contribution in [0.2, 0.25) is 5.02 Å². The molecule has 0 aromatic heterocycles. The molecule has 1 atom stereocenters. The molecule has 0 saturated heterocycles. The first-order chi connectivity index (χ1) is 9.02. The smallest absolute Gasteiger partial charge is 0.349 e. The van der Waals surface area contributed by atoms with Crippen molar-refractivity contribution in [2.45, 2.75) is 13.0 Å². The third-order valence-electron chi connectivity index (χ3n) is 2.53. The minimum absolute atomic E-state index is 0.0747. The number of fused-ring (bicyclic) bond motifs is 1. The molecule has 1 unspecified atom stereocenters. The second-order valence-corrected chi connectivity index (χ2v) is 4.21. The summed E-state index contributed by atoms with van der Waals surface area (Å²) in [6.45, 7) is 2.11. The van der Waals surface area contributed by atoms with Crippen molar-refractivity contribution in [3.63, 3.8) is 0 Å². The summed E-state index contributed by atoms with van der Waals surface area (Å²) < 4.78 is 10.3. The van der Waals surface area contributed by atoms with Gasteiger partial charge >= 0.3 is 5.97 Å². The molecule has 1 N–H and O–H groups in total. The summed E-state index contributed by atoms with van der Waals surface area (Å²) in [6, 6.07) is 2.48. The standard InChI is InChI=1S/C11H11ClN2O5/c1-2-18-11(15)9-5-13-8-4-6(14(16)17)3-7(12)10(8)19-9/h3-4,9,13H,2,5H2,1H3. The molecule has 0 radical (unpaired) electrons. The molecule has 2 rings (SSSR count). The first-order valence-corrected chi connectivity index (χ1v) is 5.95. The van der Waals surface area contributed by atoms with Crippen LogP contribution in [-0.2, 0) is 9.53 Å². The number of nitrogens with zero attached hydrogens (tertiary/aromatic N) is 1. The normalized spacial score (nSPS) is 16.8. The van der Waals surface area contributed by atoms with Crippen LogP contribution in [0.5, 0.6) is 5.75 Å². The molecule has 19 heavy (non-hydrogen) atoms. The van der Waals surface area contributed by atoms with Crippen molar-refractivity contribution in [3.8, 4) is 5.75 Å². The van der Waals surface area contributed by atoms with Crippen LogP contribution in [0.15, 0.2) is 12.1 Å². The van der Waals surface area contributed by atoms with E-state index in [-0.39, 0.29) is 29.6 Å². The van der Waals surface area contributed by atoms with Gasteiger partial charge in [0.2, 0.25) is 6.10 Å². The van der Waals surface area contributed by atoms with Crippen molar-refractivity contribution in [1.82, 2.24) is 0 Å². The molecule has 1 aromatic rings. The van der Waals surface area contributed by atoms with E-state index in [0.717, 1.165) is 0 Å². The summed E-state index contributed by atoms with van der Waals surface area (Å²) >= 11 is 5.92. The zero-order chi connectivity index (χ0) is 14.0. The third-order valence-corrected chi connectivity index (χ3v) is 2.81. The highest BCUT2D eigenvalue weighted by molar-refractivity contribution is 6.32. The van der Waals surface area contributed by atoms with Crippen molar-refractivity contribution in [3.05, 3.63) is 27.3 Å². The van der Waals surface area contributed by atoms with E-state index in [0.29, 0.717) is 5.69 Å². The predicted octanol–water partition coefficient (Wildman–Crippen LogP) is 1.98. The molecule has 0 bridgehead atoms. The summed E-state index contributed by atoms with van der Waals surface area (Å²) in [5, 5.41) is 13.6. The van der Waals surface area contributed by atoms with E-state index in [4.69, 9.17) is 21.1 Å². The van der Waals surface area contributed by atoms with E-state index in [9.17, 15) is 14.9 Å². The van der Waals surface area contributed by atoms with Crippen molar-refractivity contribution < 1.29 is 19.2 Å². The largest absolute Gasteiger partial charge is 0.473 e. The zero-order valence-electron chi connectivity index (χ0n) is 10.0. The van der Waals surface area contributed by atoms with Crippen LogP contribution in [0.25, 0.3) is 0 Å². The number of benzene rings is 1. The second kappa shape index (κ2) is 5.31. The van der Waals surface area contributed by atoms with Crippen molar-refractivity contribution in [2.75, 3.05) is 18.5 Å². The van der Waals surface area contributed by atoms with Crippen LogP contribution in [-0.4, -0.2) is 30.1 Å². The Hall–Kier alpha value is -2.02. The second-order valence-electron chi connectivity index (χ2n) is 3.80. The van der Waals surface area contributed by atoms with Gasteiger partial charge in [0.25, 0.3) is 5.69 Å². The van der Waals surface area contributed by atoms with E-state index in [1.807, 2.05) is 0 Å². The molecular formula is C11H11ClN2O5. The lowest BCUT2D eigenvalue weighted by atomic mass is 10.2. The Balaban J connectivity index is 2.26. The first-order valence-electron chi connectivity index (χ1n) is 5.58. The summed E-state index contributed by atoms with van der Waals surface area (Å²) in [5.74, 6) is -0.286. The fraction of sp³-hybridized carbons (Fsp3) is 0.364. The van der Waals surface area contributed by atoms with E-state index in [1.54, 1.807) is 6.92 Å². The minimum Gasteiger partial charge on any atom is -0.473 e. The Labute approximate surface area is 113 Å². The van der Waals surface area contributed by atoms with Crippen molar-refractivity contribution in [1.29, 1.82) is 0 Å². The van der Waals surface area contributed by atoms with E-state index < -0.39 is 17.0 Å². The Morgan fingerprint density at radius 2 is 2.42 bits per heavy atom. The van der Waals surface area contributed by atoms with E-state index in [1.165, 1.54) is 12.1 Å². The lowest BCUT2D eigenvalue weighted by Gasteiger charge is -2.26. The summed E-state index contributed by atoms with van der Waals surface area (Å²) in [6.07, 6.45) is -0.814. The highest BCUT2D eigenvalue weighted by Gasteiger charge is 2.30. The summed E-state index contributed by atoms with van der Waals surface area (Å²) in [5.41, 5.74) is 0.245. The van der Waals surface area contributed by atoms with Gasteiger partial charge in [-0.05, 0) is 6.92 Å². The van der Waals surface area contributed by atoms with E-state index >= 15 is 0 Å². The number of rotatable bonds is 3. The first kappa shape index (κ1) is 13.4. The van der Waals surface area contributed by atoms with Gasteiger partial charge < -0.3 is 14.8 Å². The molecule has 1 aromatic carbocycles. The number of esters is 1. The fourth-order valence-corrected chi connectivity index (χ4v) is 1.95. The van der Waals surface area contributed by atoms with Crippen LogP contribution in [0, 0.1) is 10.1 Å². The molecule has 0 saturated carbocycles. The Morgan fingerprint density at radius 3 is 3.05 bits per heavy atom. The Bertz CT molecular complexity index is 534. The molecule has 0 aliphatic carbocycles. The molecule has 0 amide bonds. The van der Waals surface area contributed by atoms with Gasteiger partial charge in [-0.15, -0.1) is 0 Å². The predicted molar refractivity (Wildman–Crippen MR) is 67.6 cm³/mol. The van der Waals surface area contributed by atoms with Gasteiger partial charge in [-0.25, -0.2) is 4.79 Å². The minimum atomic E-state index is -0.814. The molecule has 8 heteroatoms. The molecule has 0 spiro atoms. The number of nitrogens with one attached hydrogen (secondary N) is 1. The average Bonchev–Trinajstić information content (AvgIpc) is 2.38. The van der Waals surface area contributed by atoms with Gasteiger partial charge in [-0.1, -0.05) is 11.6 Å². The monoisotopic (exact) mass is 286 g/mol. The van der Waals surface area contributed by atoms with Crippen LogP contribution in [0.3, 0.4) is 0 Å². The highest BCUT2D eigenvalue weighted by atomic mass is 35.5. The highest BCUT2D eigenvalue weighted by Crippen LogP contribution is 2.39. The fourth-order valence-electron chi connectivity index (χ4n) is 1.69. The Morgan fingerprint density at radius 1 is 1.68 bits per heavy atom. The molecule has 1 aliphatic rings. The van der Waals surface area contributed by atoms with Crippen molar-refractivity contribution >= 4 is 28.9 Å². The summed E-state index contributed by atoms with van der Waals surface area (Å²) in [4.78, 5) is 21.7. The molecule has 0 fully saturated rings. The number of hydrogen-bond acceptors (Lipinski definition) is 6. The third kappa shape index (κ3) is 2.70. The number of carbonyl (C=O) groups is 1. The van der Waals surface area contributed by atoms with Gasteiger partial charge in [0.1, 0.15) is 0 Å². The molecule has 1 aliphatic heterocycles. The Kier molecular flexibility index (Phi) is 3.75. The SMILES string of the molecule is CCOC(=O)C1CNc2cc([N+](=O)[O-])cc(Cl)c2O1. The molecule has 102 valence electrons. The molecular weight excluding hydrogens is 276 g/mol. The zero-order valence-corrected chi connectivity index (χ0v) is 10.8. The number of halogens is 1. The van der Waals surface area contributed by atoms with Gasteiger partial charge in [-0.3, -0.25) is 10.1 Å². The maximum atomic E-state index is 11.6. The van der Waals surface area contributed by atoms with Crippen LogP contribution in [0.4, 0.5) is 11.4 Å². The van der Waals surface area contributed by atoms with Crippen LogP contribution in [0.1, 0.15) is 6.92 Å². The van der Waals surface area contributed by atoms with Gasteiger partial charge in [0, 0.05) is 12.1 Å². The van der Waals surface area contributed by atoms with Crippen LogP contribution >= 0.6 is 11.6 Å². The van der Waals surface area contributed by atoms with Gasteiger partial charge in [0.05, 0.1) is 28.8 Å². The number of anilines is 1. The maximum absolute atomic E-state index is 11.6.